The van der Waals surface area contributed by atoms with Gasteiger partial charge in [-0.3, -0.25) is 4.79 Å². The molecule has 2 rings (SSSR count). The van der Waals surface area contributed by atoms with Crippen LogP contribution in [0.15, 0.2) is 24.3 Å². The summed E-state index contributed by atoms with van der Waals surface area (Å²) in [5.74, 6) is 0.775. The van der Waals surface area contributed by atoms with Gasteiger partial charge in [0.25, 0.3) is 5.91 Å². The Morgan fingerprint density at radius 3 is 2.60 bits per heavy atom. The molecule has 110 valence electrons. The van der Waals surface area contributed by atoms with Crippen molar-refractivity contribution >= 4 is 5.91 Å². The topological polar surface area (TPSA) is 55.6 Å². The first-order valence-electron chi connectivity index (χ1n) is 7.35. The summed E-state index contributed by atoms with van der Waals surface area (Å²) in [5.41, 5.74) is 6.60. The van der Waals surface area contributed by atoms with Crippen LogP contribution in [0.1, 0.15) is 38.7 Å². The molecular formula is C16H24N2O2. The second kappa shape index (κ2) is 6.75. The van der Waals surface area contributed by atoms with Crippen LogP contribution in [0.25, 0.3) is 0 Å². The molecule has 0 aliphatic carbocycles. The first-order valence-corrected chi connectivity index (χ1v) is 7.35. The molecule has 2 N–H and O–H groups in total. The third kappa shape index (κ3) is 3.31. The van der Waals surface area contributed by atoms with E-state index in [0.29, 0.717) is 24.4 Å². The molecule has 1 aliphatic heterocycles. The lowest BCUT2D eigenvalue weighted by atomic mass is 9.97. The molecule has 1 saturated heterocycles. The van der Waals surface area contributed by atoms with Crippen LogP contribution in [0.3, 0.4) is 0 Å². The number of ether oxygens (including phenoxy) is 1. The number of carbonyl (C=O) groups excluding carboxylic acids is 1. The van der Waals surface area contributed by atoms with Crippen molar-refractivity contribution < 1.29 is 9.53 Å². The van der Waals surface area contributed by atoms with Crippen LogP contribution in [-0.4, -0.2) is 29.5 Å². The van der Waals surface area contributed by atoms with Gasteiger partial charge >= 0.3 is 0 Å². The third-order valence-corrected chi connectivity index (χ3v) is 4.03. The van der Waals surface area contributed by atoms with Gasteiger partial charge in [-0.15, -0.1) is 0 Å². The van der Waals surface area contributed by atoms with Crippen molar-refractivity contribution in [2.45, 2.75) is 51.7 Å². The zero-order valence-electron chi connectivity index (χ0n) is 12.3. The number of nitrogens with zero attached hydrogens (tertiary/aromatic N) is 1. The van der Waals surface area contributed by atoms with Gasteiger partial charge < -0.3 is 15.4 Å². The van der Waals surface area contributed by atoms with Crippen molar-refractivity contribution in [1.29, 1.82) is 0 Å². The molecule has 0 aromatic heterocycles. The summed E-state index contributed by atoms with van der Waals surface area (Å²) in [6.45, 7) is 4.73. The van der Waals surface area contributed by atoms with Crippen LogP contribution in [0.2, 0.25) is 0 Å². The van der Waals surface area contributed by atoms with E-state index < -0.39 is 0 Å². The average Bonchev–Trinajstić information content (AvgIpc) is 2.45. The molecule has 1 fully saturated rings. The van der Waals surface area contributed by atoms with Crippen LogP contribution in [0.4, 0.5) is 0 Å². The van der Waals surface area contributed by atoms with E-state index in [-0.39, 0.29) is 12.5 Å². The zero-order valence-corrected chi connectivity index (χ0v) is 12.3. The predicted octanol–water partition coefficient (Wildman–Crippen LogP) is 2.31. The van der Waals surface area contributed by atoms with Crippen molar-refractivity contribution in [3.05, 3.63) is 29.8 Å². The van der Waals surface area contributed by atoms with Gasteiger partial charge in [0.05, 0.1) is 0 Å². The maximum atomic E-state index is 12.4. The maximum absolute atomic E-state index is 12.4. The van der Waals surface area contributed by atoms with Crippen molar-refractivity contribution in [3.63, 3.8) is 0 Å². The highest BCUT2D eigenvalue weighted by molar-refractivity contribution is 5.78. The van der Waals surface area contributed by atoms with Gasteiger partial charge in [-0.1, -0.05) is 18.2 Å². The molecule has 4 heteroatoms. The summed E-state index contributed by atoms with van der Waals surface area (Å²) in [5, 5.41) is 0. The minimum atomic E-state index is 0.0662. The fourth-order valence-electron chi connectivity index (χ4n) is 2.94. The lowest BCUT2D eigenvalue weighted by molar-refractivity contribution is -0.139. The molecule has 0 radical (unpaired) electrons. The Morgan fingerprint density at radius 1 is 1.30 bits per heavy atom. The lowest BCUT2D eigenvalue weighted by Crippen LogP contribution is -2.49. The van der Waals surface area contributed by atoms with E-state index >= 15 is 0 Å². The smallest absolute Gasteiger partial charge is 0.260 e. The highest BCUT2D eigenvalue weighted by Crippen LogP contribution is 2.23. The number of amides is 1. The number of benzene rings is 1. The van der Waals surface area contributed by atoms with Gasteiger partial charge in [-0.2, -0.15) is 0 Å². The zero-order chi connectivity index (χ0) is 14.5. The largest absolute Gasteiger partial charge is 0.483 e. The van der Waals surface area contributed by atoms with Gasteiger partial charge in [0.15, 0.2) is 6.61 Å². The van der Waals surface area contributed by atoms with E-state index in [1.54, 1.807) is 0 Å². The van der Waals surface area contributed by atoms with Crippen LogP contribution in [-0.2, 0) is 11.3 Å². The summed E-state index contributed by atoms with van der Waals surface area (Å²) in [6.07, 6.45) is 3.36. The lowest BCUT2D eigenvalue weighted by Gasteiger charge is -2.39. The fourth-order valence-corrected chi connectivity index (χ4v) is 2.94. The van der Waals surface area contributed by atoms with Gasteiger partial charge in [-0.05, 0) is 39.2 Å². The van der Waals surface area contributed by atoms with E-state index in [0.717, 1.165) is 18.4 Å². The normalized spacial score (nSPS) is 22.6. The standard InChI is InChI=1S/C16H24N2O2/c1-12-6-5-7-13(2)18(12)16(19)11-20-15-9-4-3-8-14(15)10-17/h3-4,8-9,12-13H,5-7,10-11,17H2,1-2H3. The van der Waals surface area contributed by atoms with Crippen LogP contribution >= 0.6 is 0 Å². The summed E-state index contributed by atoms with van der Waals surface area (Å²) in [6, 6.07) is 8.21. The molecule has 4 nitrogen and oxygen atoms in total. The monoisotopic (exact) mass is 276 g/mol. The predicted molar refractivity (Wildman–Crippen MR) is 79.4 cm³/mol. The molecule has 20 heavy (non-hydrogen) atoms. The molecule has 2 unspecified atom stereocenters. The minimum Gasteiger partial charge on any atom is -0.483 e. The Hall–Kier alpha value is -1.55. The molecule has 1 aromatic carbocycles. The number of rotatable bonds is 4. The second-order valence-electron chi connectivity index (χ2n) is 5.53. The minimum absolute atomic E-state index is 0.0662. The van der Waals surface area contributed by atoms with Gasteiger partial charge in [0, 0.05) is 24.2 Å². The quantitative estimate of drug-likeness (QED) is 0.918. The molecule has 0 spiro atoms. The maximum Gasteiger partial charge on any atom is 0.260 e. The molecule has 1 aliphatic rings. The van der Waals surface area contributed by atoms with Crippen molar-refractivity contribution in [2.24, 2.45) is 5.73 Å². The Labute approximate surface area is 120 Å². The molecule has 1 heterocycles. The first kappa shape index (κ1) is 14.9. The number of hydrogen-bond acceptors (Lipinski definition) is 3. The highest BCUT2D eigenvalue weighted by Gasteiger charge is 2.29. The average molecular weight is 276 g/mol. The van der Waals surface area contributed by atoms with Crippen LogP contribution in [0.5, 0.6) is 5.75 Å². The number of hydrogen-bond donors (Lipinski definition) is 1. The van der Waals surface area contributed by atoms with Crippen molar-refractivity contribution in [3.8, 4) is 5.75 Å². The molecular weight excluding hydrogens is 252 g/mol. The number of para-hydroxylation sites is 1. The first-order chi connectivity index (χ1) is 9.63. The summed E-state index contributed by atoms with van der Waals surface area (Å²) in [7, 11) is 0. The third-order valence-electron chi connectivity index (χ3n) is 4.03. The molecule has 1 aromatic rings. The van der Waals surface area contributed by atoms with Crippen molar-refractivity contribution in [2.75, 3.05) is 6.61 Å². The summed E-state index contributed by atoms with van der Waals surface area (Å²) >= 11 is 0. The molecule has 0 saturated carbocycles. The van der Waals surface area contributed by atoms with E-state index in [2.05, 4.69) is 13.8 Å². The number of carbonyl (C=O) groups is 1. The van der Waals surface area contributed by atoms with Gasteiger partial charge in [0.1, 0.15) is 5.75 Å². The number of nitrogens with two attached hydrogens (primary N) is 1. The molecule has 1 amide bonds. The van der Waals surface area contributed by atoms with Crippen LogP contribution in [0, 0.1) is 0 Å². The SMILES string of the molecule is CC1CCCC(C)N1C(=O)COc1ccccc1CN. The molecule has 0 bridgehead atoms. The fraction of sp³-hybridized carbons (Fsp3) is 0.562. The molecule has 2 atom stereocenters. The van der Waals surface area contributed by atoms with E-state index in [9.17, 15) is 4.79 Å². The van der Waals surface area contributed by atoms with E-state index in [1.165, 1.54) is 6.42 Å². The Balaban J connectivity index is 1.97. The second-order valence-corrected chi connectivity index (χ2v) is 5.53. The number of likely N-dealkylation sites (tertiary alicyclic amines) is 1. The summed E-state index contributed by atoms with van der Waals surface area (Å²) < 4.78 is 5.67. The van der Waals surface area contributed by atoms with E-state index in [1.807, 2.05) is 29.2 Å². The van der Waals surface area contributed by atoms with Gasteiger partial charge in [0.2, 0.25) is 0 Å². The van der Waals surface area contributed by atoms with Crippen molar-refractivity contribution in [1.82, 2.24) is 4.90 Å². The Bertz CT molecular complexity index is 452. The van der Waals surface area contributed by atoms with E-state index in [4.69, 9.17) is 10.5 Å². The Kier molecular flexibility index (Phi) is 5.01. The highest BCUT2D eigenvalue weighted by atomic mass is 16.5. The summed E-state index contributed by atoms with van der Waals surface area (Å²) in [4.78, 5) is 14.3. The Morgan fingerprint density at radius 2 is 1.95 bits per heavy atom. The number of piperidine rings is 1. The van der Waals surface area contributed by atoms with Crippen LogP contribution < -0.4 is 10.5 Å². The van der Waals surface area contributed by atoms with Gasteiger partial charge in [-0.25, -0.2) is 0 Å².